The molecule has 0 bridgehead atoms. The lowest BCUT2D eigenvalue weighted by Crippen LogP contribution is -2.35. The van der Waals surface area contributed by atoms with E-state index in [9.17, 15) is 27.9 Å². The number of rotatable bonds is 7. The summed E-state index contributed by atoms with van der Waals surface area (Å²) in [6, 6.07) is 16.8. The first-order valence-electron chi connectivity index (χ1n) is 11.2. The largest absolute Gasteiger partial charge is 0.487 e. The molecule has 0 saturated carbocycles. The van der Waals surface area contributed by atoms with Crippen molar-refractivity contribution in [2.24, 2.45) is 0 Å². The predicted octanol–water partition coefficient (Wildman–Crippen LogP) is 6.02. The molecule has 3 aromatic carbocycles. The fourth-order valence-corrected chi connectivity index (χ4v) is 4.66. The SMILES string of the molecule is C[C@]1(Cc2cccc(Cl)c2)Cc2cc(C(=O)N(CC(=O)O)Cc3cccc(C(F)(F)F)c3)ccc2O1. The van der Waals surface area contributed by atoms with Gasteiger partial charge in [0.25, 0.3) is 5.91 Å². The van der Waals surface area contributed by atoms with Gasteiger partial charge in [0.1, 0.15) is 17.9 Å². The van der Waals surface area contributed by atoms with Gasteiger partial charge in [0.15, 0.2) is 0 Å². The normalized spacial score (nSPS) is 16.8. The lowest BCUT2D eigenvalue weighted by Gasteiger charge is -2.24. The summed E-state index contributed by atoms with van der Waals surface area (Å²) in [7, 11) is 0. The zero-order chi connectivity index (χ0) is 26.1. The number of hydrogen-bond donors (Lipinski definition) is 1. The van der Waals surface area contributed by atoms with E-state index in [1.807, 2.05) is 25.1 Å². The van der Waals surface area contributed by atoms with E-state index in [-0.39, 0.29) is 17.7 Å². The molecule has 4 rings (SSSR count). The number of alkyl halides is 3. The Balaban J connectivity index is 1.54. The summed E-state index contributed by atoms with van der Waals surface area (Å²) in [6.45, 7) is 1.02. The number of halogens is 4. The lowest BCUT2D eigenvalue weighted by atomic mass is 9.91. The number of carbonyl (C=O) groups excluding carboxylic acids is 1. The summed E-state index contributed by atoms with van der Waals surface area (Å²) in [6.07, 6.45) is -3.44. The number of hydrogen-bond acceptors (Lipinski definition) is 3. The number of carboxylic acid groups (broad SMARTS) is 1. The number of fused-ring (bicyclic) bond motifs is 1. The third kappa shape index (κ3) is 5.99. The van der Waals surface area contributed by atoms with Crippen molar-refractivity contribution >= 4 is 23.5 Å². The van der Waals surface area contributed by atoms with E-state index >= 15 is 0 Å². The number of ether oxygens (including phenoxy) is 1. The molecule has 0 unspecified atom stereocenters. The molecule has 36 heavy (non-hydrogen) atoms. The van der Waals surface area contributed by atoms with Crippen LogP contribution in [0.15, 0.2) is 66.7 Å². The van der Waals surface area contributed by atoms with Crippen LogP contribution in [0.1, 0.15) is 39.5 Å². The van der Waals surface area contributed by atoms with Crippen LogP contribution in [0.3, 0.4) is 0 Å². The van der Waals surface area contributed by atoms with E-state index in [2.05, 4.69) is 0 Å². The summed E-state index contributed by atoms with van der Waals surface area (Å²) >= 11 is 6.09. The van der Waals surface area contributed by atoms with Gasteiger partial charge in [0.2, 0.25) is 0 Å². The molecule has 1 aliphatic heterocycles. The highest BCUT2D eigenvalue weighted by atomic mass is 35.5. The zero-order valence-electron chi connectivity index (χ0n) is 19.3. The van der Waals surface area contributed by atoms with E-state index in [0.717, 1.165) is 28.2 Å². The average molecular weight is 518 g/mol. The third-order valence-electron chi connectivity index (χ3n) is 5.94. The molecule has 1 atom stereocenters. The fourth-order valence-electron chi connectivity index (χ4n) is 4.44. The van der Waals surface area contributed by atoms with Crippen LogP contribution in [0.5, 0.6) is 5.75 Å². The van der Waals surface area contributed by atoms with Crippen molar-refractivity contribution in [3.8, 4) is 5.75 Å². The lowest BCUT2D eigenvalue weighted by molar-refractivity contribution is -0.139. The number of benzene rings is 3. The Hall–Kier alpha value is -3.52. The average Bonchev–Trinajstić information content (AvgIpc) is 3.12. The molecular weight excluding hydrogens is 495 g/mol. The second-order valence-electron chi connectivity index (χ2n) is 9.11. The second kappa shape index (κ2) is 9.85. The zero-order valence-corrected chi connectivity index (χ0v) is 20.1. The van der Waals surface area contributed by atoms with Crippen LogP contribution in [0.2, 0.25) is 5.02 Å². The number of aliphatic carboxylic acids is 1. The molecule has 5 nitrogen and oxygen atoms in total. The minimum atomic E-state index is -4.55. The van der Waals surface area contributed by atoms with E-state index in [4.69, 9.17) is 16.3 Å². The van der Waals surface area contributed by atoms with Gasteiger partial charge in [-0.05, 0) is 66.1 Å². The first kappa shape index (κ1) is 25.6. The molecule has 0 spiro atoms. The van der Waals surface area contributed by atoms with Gasteiger partial charge in [-0.25, -0.2) is 0 Å². The van der Waals surface area contributed by atoms with E-state index in [0.29, 0.717) is 23.6 Å². The smallest absolute Gasteiger partial charge is 0.416 e. The molecule has 1 N–H and O–H groups in total. The molecule has 1 aliphatic rings. The summed E-state index contributed by atoms with van der Waals surface area (Å²) < 4.78 is 45.4. The molecule has 1 amide bonds. The molecule has 0 aliphatic carbocycles. The van der Waals surface area contributed by atoms with Gasteiger partial charge in [-0.15, -0.1) is 0 Å². The molecule has 1 heterocycles. The van der Waals surface area contributed by atoms with Gasteiger partial charge in [-0.3, -0.25) is 9.59 Å². The number of amides is 1. The maximum atomic E-state index is 13.2. The molecule has 3 aromatic rings. The Bertz CT molecular complexity index is 1310. The van der Waals surface area contributed by atoms with Crippen molar-refractivity contribution < 1.29 is 32.6 Å². The standard InChI is InChI=1S/C27H23ClF3NO4/c1-26(13-17-4-3-7-22(28)11-17)14-20-12-19(8-9-23(20)36-26)25(35)32(16-24(33)34)15-18-5-2-6-21(10-18)27(29,30)31/h2-12H,13-16H2,1H3,(H,33,34)/t26-/m0/s1. The van der Waals surface area contributed by atoms with Crippen LogP contribution in [0.25, 0.3) is 0 Å². The Morgan fingerprint density at radius 2 is 1.78 bits per heavy atom. The minimum Gasteiger partial charge on any atom is -0.487 e. The van der Waals surface area contributed by atoms with Crippen molar-refractivity contribution in [1.82, 2.24) is 4.90 Å². The highest BCUT2D eigenvalue weighted by Gasteiger charge is 2.36. The molecule has 0 saturated heterocycles. The quantitative estimate of drug-likeness (QED) is 0.416. The summed E-state index contributed by atoms with van der Waals surface area (Å²) in [5.41, 5.74) is 0.780. The fraction of sp³-hybridized carbons (Fsp3) is 0.259. The molecule has 0 fully saturated rings. The van der Waals surface area contributed by atoms with Gasteiger partial charge in [0.05, 0.1) is 5.56 Å². The van der Waals surface area contributed by atoms with Crippen LogP contribution in [-0.2, 0) is 30.4 Å². The highest BCUT2D eigenvalue weighted by molar-refractivity contribution is 6.30. The maximum absolute atomic E-state index is 13.2. The van der Waals surface area contributed by atoms with E-state index in [1.54, 1.807) is 18.2 Å². The first-order chi connectivity index (χ1) is 16.9. The second-order valence-corrected chi connectivity index (χ2v) is 9.55. The summed E-state index contributed by atoms with van der Waals surface area (Å²) in [5.74, 6) is -1.24. The predicted molar refractivity (Wildman–Crippen MR) is 128 cm³/mol. The highest BCUT2D eigenvalue weighted by Crippen LogP contribution is 2.38. The number of carbonyl (C=O) groups is 2. The topological polar surface area (TPSA) is 66.8 Å². The Morgan fingerprint density at radius 1 is 1.06 bits per heavy atom. The van der Waals surface area contributed by atoms with Gasteiger partial charge in [-0.2, -0.15) is 13.2 Å². The molecule has 9 heteroatoms. The minimum absolute atomic E-state index is 0.179. The maximum Gasteiger partial charge on any atom is 0.416 e. The van der Waals surface area contributed by atoms with Crippen LogP contribution in [0.4, 0.5) is 13.2 Å². The molecule has 188 valence electrons. The van der Waals surface area contributed by atoms with E-state index < -0.39 is 35.8 Å². The Labute approximate surface area is 211 Å². The van der Waals surface area contributed by atoms with Crippen molar-refractivity contribution in [3.63, 3.8) is 0 Å². The van der Waals surface area contributed by atoms with Gasteiger partial charge >= 0.3 is 12.1 Å². The summed E-state index contributed by atoms with van der Waals surface area (Å²) in [5, 5.41) is 9.95. The van der Waals surface area contributed by atoms with Crippen molar-refractivity contribution in [2.75, 3.05) is 6.54 Å². The van der Waals surface area contributed by atoms with Gasteiger partial charge < -0.3 is 14.7 Å². The van der Waals surface area contributed by atoms with Crippen molar-refractivity contribution in [3.05, 3.63) is 99.6 Å². The molecule has 0 radical (unpaired) electrons. The number of carboxylic acids is 1. The van der Waals surface area contributed by atoms with Crippen LogP contribution >= 0.6 is 11.6 Å². The summed E-state index contributed by atoms with van der Waals surface area (Å²) in [4.78, 5) is 25.7. The monoisotopic (exact) mass is 517 g/mol. The molecular formula is C27H23ClF3NO4. The van der Waals surface area contributed by atoms with E-state index in [1.165, 1.54) is 18.2 Å². The first-order valence-corrected chi connectivity index (χ1v) is 11.5. The van der Waals surface area contributed by atoms with Gasteiger partial charge in [-0.1, -0.05) is 35.9 Å². The third-order valence-corrected chi connectivity index (χ3v) is 6.17. The number of nitrogens with zero attached hydrogens (tertiary/aromatic N) is 1. The Morgan fingerprint density at radius 3 is 2.47 bits per heavy atom. The van der Waals surface area contributed by atoms with Crippen LogP contribution in [-0.4, -0.2) is 34.0 Å². The van der Waals surface area contributed by atoms with Crippen molar-refractivity contribution in [2.45, 2.75) is 38.1 Å². The van der Waals surface area contributed by atoms with Gasteiger partial charge in [0, 0.05) is 30.0 Å². The Kier molecular flexibility index (Phi) is 7.00. The van der Waals surface area contributed by atoms with Crippen LogP contribution in [0, 0.1) is 0 Å². The molecule has 0 aromatic heterocycles. The van der Waals surface area contributed by atoms with Crippen molar-refractivity contribution in [1.29, 1.82) is 0 Å². The van der Waals surface area contributed by atoms with Crippen LogP contribution < -0.4 is 4.74 Å².